The number of fused-ring (bicyclic) bond motifs is 2. The second-order valence-corrected chi connectivity index (χ2v) is 18.9. The van der Waals surface area contributed by atoms with Gasteiger partial charge in [0.05, 0.1) is 0 Å². The molecule has 1 amide bonds. The lowest BCUT2D eigenvalue weighted by atomic mass is 9.82. The monoisotopic (exact) mass is 448 g/mol. The molecule has 0 saturated heterocycles. The lowest BCUT2D eigenvalue weighted by molar-refractivity contribution is 0.0993. The summed E-state index contributed by atoms with van der Waals surface area (Å²) in [5.41, 5.74) is 16.5. The molecule has 1 N–H and O–H groups in total. The maximum atomic E-state index is 12.2. The summed E-state index contributed by atoms with van der Waals surface area (Å²) < 4.78 is 6.75. The SMILES string of the molecule is CCC1=Cc2cc(C(C)(C)C)cc(-c3ccc(C([NH])=O)c4c3[Si](C)(C)O[Si]4(C)C)c2C1. The van der Waals surface area contributed by atoms with Crippen LogP contribution in [0.25, 0.3) is 17.2 Å². The van der Waals surface area contributed by atoms with Crippen LogP contribution in [0.3, 0.4) is 0 Å². The molecule has 0 unspecified atom stereocenters. The third kappa shape index (κ3) is 3.57. The summed E-state index contributed by atoms with van der Waals surface area (Å²) in [5, 5.41) is 2.32. The van der Waals surface area contributed by atoms with Crippen molar-refractivity contribution < 1.29 is 8.91 Å². The van der Waals surface area contributed by atoms with Gasteiger partial charge in [-0.1, -0.05) is 57.5 Å². The van der Waals surface area contributed by atoms with Crippen molar-refractivity contribution in [1.82, 2.24) is 5.73 Å². The summed E-state index contributed by atoms with van der Waals surface area (Å²) in [4.78, 5) is 12.2. The minimum atomic E-state index is -2.26. The Bertz CT molecular complexity index is 1140. The number of rotatable bonds is 3. The third-order valence-electron chi connectivity index (χ3n) is 6.82. The molecule has 3 nitrogen and oxygen atoms in total. The number of carbonyl (C=O) groups excluding carboxylic acids is 1. The Morgan fingerprint density at radius 2 is 1.68 bits per heavy atom. The van der Waals surface area contributed by atoms with Crippen molar-refractivity contribution >= 4 is 39.0 Å². The molecule has 0 spiro atoms. The van der Waals surface area contributed by atoms with Gasteiger partial charge in [0.1, 0.15) is 0 Å². The normalized spacial score (nSPS) is 18.5. The molecule has 163 valence electrons. The first kappa shape index (κ1) is 22.2. The second-order valence-electron chi connectivity index (χ2n) is 11.0. The van der Waals surface area contributed by atoms with Crippen LogP contribution < -0.4 is 16.1 Å². The van der Waals surface area contributed by atoms with Crippen LogP contribution in [0.5, 0.6) is 0 Å². The minimum absolute atomic E-state index is 0.0459. The molecule has 2 aromatic carbocycles. The van der Waals surface area contributed by atoms with Gasteiger partial charge in [0.2, 0.25) is 16.6 Å². The second kappa shape index (κ2) is 7.02. The predicted molar refractivity (Wildman–Crippen MR) is 135 cm³/mol. The van der Waals surface area contributed by atoms with E-state index in [9.17, 15) is 4.79 Å². The molecule has 2 aromatic rings. The van der Waals surface area contributed by atoms with Gasteiger partial charge in [-0.2, -0.15) is 0 Å². The number of carbonyl (C=O) groups is 1. The van der Waals surface area contributed by atoms with Crippen LogP contribution in [0.15, 0.2) is 29.8 Å². The van der Waals surface area contributed by atoms with E-state index >= 15 is 0 Å². The van der Waals surface area contributed by atoms with E-state index in [0.29, 0.717) is 5.56 Å². The van der Waals surface area contributed by atoms with E-state index < -0.39 is 22.5 Å². The van der Waals surface area contributed by atoms with Crippen LogP contribution >= 0.6 is 0 Å². The Kier molecular flexibility index (Phi) is 5.04. The molecule has 2 aliphatic rings. The predicted octanol–water partition coefficient (Wildman–Crippen LogP) is 5.28. The standard InChI is InChI=1S/C26H34NO2Si2/c1-9-16-12-17-14-18(26(2,3)4)15-22(21(17)13-16)19-10-11-20(25(27)28)24-23(19)30(5,6)29-31(24,7)8/h10-12,14-15,27H,9,13H2,1-8H3. The van der Waals surface area contributed by atoms with Crippen LogP contribution in [0.4, 0.5) is 0 Å². The highest BCUT2D eigenvalue weighted by molar-refractivity contribution is 7.06. The first-order chi connectivity index (χ1) is 14.3. The van der Waals surface area contributed by atoms with Gasteiger partial charge in [0.25, 0.3) is 5.91 Å². The van der Waals surface area contributed by atoms with Gasteiger partial charge >= 0.3 is 0 Å². The first-order valence-electron chi connectivity index (χ1n) is 11.3. The third-order valence-corrected chi connectivity index (χ3v) is 14.6. The molecule has 1 aliphatic carbocycles. The number of benzene rings is 2. The van der Waals surface area contributed by atoms with E-state index in [1.807, 2.05) is 6.07 Å². The Balaban J connectivity index is 2.07. The summed E-state index contributed by atoms with van der Waals surface area (Å²) in [6, 6.07) is 8.72. The van der Waals surface area contributed by atoms with Gasteiger partial charge in [-0.15, -0.1) is 0 Å². The Labute approximate surface area is 189 Å². The number of nitrogens with one attached hydrogen (secondary N) is 1. The van der Waals surface area contributed by atoms with E-state index in [1.165, 1.54) is 38.6 Å². The Morgan fingerprint density at radius 1 is 1.03 bits per heavy atom. The van der Waals surface area contributed by atoms with E-state index in [4.69, 9.17) is 9.85 Å². The number of hydrogen-bond acceptors (Lipinski definition) is 2. The maximum Gasteiger partial charge on any atom is 0.269 e. The molecular formula is C26H34NO2Si2. The molecule has 0 bridgehead atoms. The fraction of sp³-hybridized carbons (Fsp3) is 0.423. The summed E-state index contributed by atoms with van der Waals surface area (Å²) in [7, 11) is -4.47. The highest BCUT2D eigenvalue weighted by atomic mass is 28.4. The van der Waals surface area contributed by atoms with E-state index in [1.54, 1.807) is 0 Å². The molecule has 0 fully saturated rings. The lowest BCUT2D eigenvalue weighted by Gasteiger charge is -2.25. The van der Waals surface area contributed by atoms with Crippen LogP contribution in [0.2, 0.25) is 26.2 Å². The van der Waals surface area contributed by atoms with Crippen molar-refractivity contribution in [2.45, 2.75) is 72.1 Å². The van der Waals surface area contributed by atoms with Gasteiger partial charge in [-0.3, -0.25) is 10.5 Å². The fourth-order valence-corrected chi connectivity index (χ4v) is 16.3. The van der Waals surface area contributed by atoms with Crippen molar-refractivity contribution in [3.8, 4) is 11.1 Å². The molecule has 31 heavy (non-hydrogen) atoms. The molecular weight excluding hydrogens is 414 g/mol. The average molecular weight is 449 g/mol. The van der Waals surface area contributed by atoms with Crippen molar-refractivity contribution in [2.24, 2.45) is 0 Å². The Hall–Kier alpha value is -1.96. The molecule has 0 saturated carbocycles. The summed E-state index contributed by atoms with van der Waals surface area (Å²) in [6.45, 7) is 17.9. The van der Waals surface area contributed by atoms with Crippen LogP contribution in [0, 0.1) is 0 Å². The largest absolute Gasteiger partial charge is 0.449 e. The number of hydrogen-bond donors (Lipinski definition) is 0. The average Bonchev–Trinajstić information content (AvgIpc) is 3.15. The van der Waals surface area contributed by atoms with E-state index in [0.717, 1.165) is 18.0 Å². The van der Waals surface area contributed by atoms with Crippen LogP contribution in [-0.2, 0) is 16.0 Å². The highest BCUT2D eigenvalue weighted by Crippen LogP contribution is 2.40. The zero-order chi connectivity index (χ0) is 22.9. The quantitative estimate of drug-likeness (QED) is 0.600. The Morgan fingerprint density at radius 3 is 2.26 bits per heavy atom. The number of allylic oxidation sites excluding steroid dienone is 1. The molecule has 0 atom stereocenters. The zero-order valence-electron chi connectivity index (χ0n) is 20.1. The van der Waals surface area contributed by atoms with Gasteiger partial charge in [-0.25, -0.2) is 0 Å². The summed E-state index contributed by atoms with van der Waals surface area (Å²) in [6.07, 6.45) is 4.42. The molecule has 1 aliphatic heterocycles. The zero-order valence-corrected chi connectivity index (χ0v) is 22.1. The molecule has 5 heteroatoms. The molecule has 0 aromatic heterocycles. The van der Waals surface area contributed by atoms with Crippen molar-refractivity contribution in [1.29, 1.82) is 0 Å². The maximum absolute atomic E-state index is 12.2. The minimum Gasteiger partial charge on any atom is -0.449 e. The van der Waals surface area contributed by atoms with Crippen molar-refractivity contribution in [3.63, 3.8) is 0 Å². The van der Waals surface area contributed by atoms with Gasteiger partial charge in [0, 0.05) is 5.56 Å². The van der Waals surface area contributed by atoms with Crippen molar-refractivity contribution in [2.75, 3.05) is 0 Å². The topological polar surface area (TPSA) is 50.1 Å². The van der Waals surface area contributed by atoms with Gasteiger partial charge < -0.3 is 4.12 Å². The summed E-state index contributed by atoms with van der Waals surface area (Å²) >= 11 is 0. The van der Waals surface area contributed by atoms with E-state index in [-0.39, 0.29) is 5.41 Å². The van der Waals surface area contributed by atoms with Gasteiger partial charge in [0.15, 0.2) is 0 Å². The first-order valence-corrected chi connectivity index (χ1v) is 17.1. The fourth-order valence-electron chi connectivity index (χ4n) is 5.43. The highest BCUT2D eigenvalue weighted by Gasteiger charge is 2.50. The lowest BCUT2D eigenvalue weighted by Crippen LogP contribution is -2.48. The van der Waals surface area contributed by atoms with Crippen LogP contribution in [-0.4, -0.2) is 22.5 Å². The molecule has 1 radical (unpaired) electrons. The van der Waals surface area contributed by atoms with Crippen LogP contribution in [0.1, 0.15) is 61.2 Å². The smallest absolute Gasteiger partial charge is 0.269 e. The molecule has 4 rings (SSSR count). The molecule has 1 heterocycles. The summed E-state index contributed by atoms with van der Waals surface area (Å²) in [5.74, 6) is -0.595. The number of amides is 1. The van der Waals surface area contributed by atoms with Crippen molar-refractivity contribution in [3.05, 3.63) is 52.1 Å². The van der Waals surface area contributed by atoms with E-state index in [2.05, 4.69) is 78.2 Å². The van der Waals surface area contributed by atoms with Gasteiger partial charge in [-0.05, 0) is 88.7 Å².